The van der Waals surface area contributed by atoms with E-state index in [1.165, 1.54) is 0 Å². The van der Waals surface area contributed by atoms with E-state index in [1.54, 1.807) is 0 Å². The molecule has 2 aliphatic rings. The number of halogens is 1. The number of aryl methyl sites for hydroxylation is 2. The first kappa shape index (κ1) is 22.9. The van der Waals surface area contributed by atoms with Crippen molar-refractivity contribution in [3.63, 3.8) is 0 Å². The summed E-state index contributed by atoms with van der Waals surface area (Å²) in [6, 6.07) is 0. The number of piperazine rings is 1. The Kier molecular flexibility index (Phi) is 7.66. The Hall–Kier alpha value is -1.43. The molecule has 1 aromatic rings. The second-order valence-corrected chi connectivity index (χ2v) is 8.00. The van der Waals surface area contributed by atoms with Gasteiger partial charge in [0.1, 0.15) is 11.6 Å². The van der Waals surface area contributed by atoms with Crippen molar-refractivity contribution in [2.75, 3.05) is 39.8 Å². The molecule has 1 saturated heterocycles. The molecule has 0 bridgehead atoms. The van der Waals surface area contributed by atoms with Crippen molar-refractivity contribution in [1.29, 1.82) is 0 Å². The molecule has 1 amide bonds. The molecule has 28 heavy (non-hydrogen) atoms. The van der Waals surface area contributed by atoms with Crippen LogP contribution in [-0.2, 0) is 17.8 Å². The smallest absolute Gasteiger partial charge is 0.237 e. The van der Waals surface area contributed by atoms with Crippen molar-refractivity contribution < 1.29 is 4.79 Å². The third-order valence-electron chi connectivity index (χ3n) is 5.96. The number of hydrogen-bond acceptors (Lipinski definition) is 5. The second kappa shape index (κ2) is 9.38. The van der Waals surface area contributed by atoms with E-state index in [0.717, 1.165) is 69.7 Å². The van der Waals surface area contributed by atoms with E-state index < -0.39 is 5.54 Å². The number of aliphatic imine (C=N–C) groups is 1. The fourth-order valence-electron chi connectivity index (χ4n) is 3.90. The highest BCUT2D eigenvalue weighted by Crippen LogP contribution is 2.20. The lowest BCUT2D eigenvalue weighted by atomic mass is 9.99. The molecule has 10 heteroatoms. The number of nitrogens with two attached hydrogens (primary N) is 1. The van der Waals surface area contributed by atoms with Gasteiger partial charge in [-0.25, -0.2) is 0 Å². The lowest BCUT2D eigenvalue weighted by Crippen LogP contribution is -2.61. The topological polar surface area (TPSA) is 105 Å². The Morgan fingerprint density at radius 1 is 1.29 bits per heavy atom. The number of aromatic nitrogens is 3. The van der Waals surface area contributed by atoms with Crippen molar-refractivity contribution in [2.24, 2.45) is 16.6 Å². The minimum Gasteiger partial charge on any atom is -0.368 e. The molecule has 0 saturated carbocycles. The minimum atomic E-state index is -0.612. The summed E-state index contributed by atoms with van der Waals surface area (Å²) in [5.74, 6) is 3.28. The van der Waals surface area contributed by atoms with Crippen molar-refractivity contribution in [2.45, 2.75) is 45.7 Å². The number of primary amides is 1. The summed E-state index contributed by atoms with van der Waals surface area (Å²) >= 11 is 0. The molecule has 1 fully saturated rings. The van der Waals surface area contributed by atoms with Gasteiger partial charge < -0.3 is 20.5 Å². The number of guanidine groups is 1. The van der Waals surface area contributed by atoms with Crippen molar-refractivity contribution >= 4 is 35.8 Å². The lowest BCUT2D eigenvalue weighted by Gasteiger charge is -2.43. The maximum Gasteiger partial charge on any atom is 0.237 e. The van der Waals surface area contributed by atoms with E-state index >= 15 is 0 Å². The zero-order valence-electron chi connectivity index (χ0n) is 17.3. The molecule has 9 nitrogen and oxygen atoms in total. The summed E-state index contributed by atoms with van der Waals surface area (Å²) in [7, 11) is 1.82. The fraction of sp³-hybridized carbons (Fsp3) is 0.778. The molecule has 0 aromatic carbocycles. The van der Waals surface area contributed by atoms with E-state index in [1.807, 2.05) is 27.8 Å². The molecule has 158 valence electrons. The van der Waals surface area contributed by atoms with Gasteiger partial charge in [-0.15, -0.1) is 34.2 Å². The summed E-state index contributed by atoms with van der Waals surface area (Å²) in [4.78, 5) is 20.5. The summed E-state index contributed by atoms with van der Waals surface area (Å²) in [6.07, 6.45) is 2.09. The fourth-order valence-corrected chi connectivity index (χ4v) is 3.90. The van der Waals surface area contributed by atoms with Gasteiger partial charge in [-0.05, 0) is 33.1 Å². The van der Waals surface area contributed by atoms with Crippen LogP contribution in [-0.4, -0.2) is 81.7 Å². The molecule has 3 N–H and O–H groups in total. The van der Waals surface area contributed by atoms with Gasteiger partial charge in [-0.3, -0.25) is 14.7 Å². The highest BCUT2D eigenvalue weighted by atomic mass is 127. The molecule has 1 aromatic heterocycles. The highest BCUT2D eigenvalue weighted by molar-refractivity contribution is 14.0. The summed E-state index contributed by atoms with van der Waals surface area (Å²) in [6.45, 7) is 10.9. The van der Waals surface area contributed by atoms with E-state index in [2.05, 4.69) is 34.9 Å². The first-order chi connectivity index (χ1) is 12.8. The Bertz CT molecular complexity index is 708. The molecular weight excluding hydrogens is 471 g/mol. The lowest BCUT2D eigenvalue weighted by molar-refractivity contribution is -0.129. The van der Waals surface area contributed by atoms with Crippen molar-refractivity contribution in [3.05, 3.63) is 11.6 Å². The standard InChI is InChI=1S/C18H32N8O.HI/c1-13-22-23-15-6-5-14(12-26(13)15)11-21-17(20-4)24-7-9-25(10-8-24)18(2,3)16(19)27;/h14H,5-12H2,1-4H3,(H2,19,27)(H,20,21);1H. The zero-order chi connectivity index (χ0) is 19.6. The van der Waals surface area contributed by atoms with E-state index in [0.29, 0.717) is 5.92 Å². The number of carbonyl (C=O) groups excluding carboxylic acids is 1. The van der Waals surface area contributed by atoms with Crippen LogP contribution in [0.2, 0.25) is 0 Å². The SMILES string of the molecule is CN=C(NCC1CCc2nnc(C)n2C1)N1CCN(C(C)(C)C(N)=O)CC1.I. The minimum absolute atomic E-state index is 0. The van der Waals surface area contributed by atoms with Gasteiger partial charge in [0.05, 0.1) is 5.54 Å². The molecule has 1 atom stereocenters. The molecule has 3 heterocycles. The van der Waals surface area contributed by atoms with Crippen LogP contribution in [0.3, 0.4) is 0 Å². The van der Waals surface area contributed by atoms with Crippen LogP contribution in [0.25, 0.3) is 0 Å². The number of amides is 1. The number of carbonyl (C=O) groups is 1. The van der Waals surface area contributed by atoms with Gasteiger partial charge in [0, 0.05) is 52.7 Å². The first-order valence-corrected chi connectivity index (χ1v) is 9.72. The Labute approximate surface area is 184 Å². The average molecular weight is 504 g/mol. The van der Waals surface area contributed by atoms with Gasteiger partial charge in [-0.1, -0.05) is 0 Å². The summed E-state index contributed by atoms with van der Waals surface area (Å²) in [5, 5.41) is 12.0. The maximum absolute atomic E-state index is 11.7. The molecule has 0 aliphatic carbocycles. The van der Waals surface area contributed by atoms with E-state index in [4.69, 9.17) is 5.73 Å². The monoisotopic (exact) mass is 504 g/mol. The van der Waals surface area contributed by atoms with Gasteiger partial charge in [0.15, 0.2) is 5.96 Å². The quantitative estimate of drug-likeness (QED) is 0.346. The normalized spacial score (nSPS) is 21.1. The molecule has 1 unspecified atom stereocenters. The van der Waals surface area contributed by atoms with Crippen LogP contribution in [0, 0.1) is 12.8 Å². The predicted molar refractivity (Wildman–Crippen MR) is 120 cm³/mol. The van der Waals surface area contributed by atoms with E-state index in [9.17, 15) is 4.79 Å². The molecular formula is C18H33IN8O. The molecule has 0 spiro atoms. The Balaban J connectivity index is 0.00000280. The van der Waals surface area contributed by atoms with Crippen LogP contribution in [0.1, 0.15) is 31.9 Å². The summed E-state index contributed by atoms with van der Waals surface area (Å²) < 4.78 is 2.23. The van der Waals surface area contributed by atoms with Gasteiger partial charge in [0.2, 0.25) is 5.91 Å². The third-order valence-corrected chi connectivity index (χ3v) is 5.96. The van der Waals surface area contributed by atoms with Crippen LogP contribution in [0.4, 0.5) is 0 Å². The third kappa shape index (κ3) is 4.76. The van der Waals surface area contributed by atoms with Crippen LogP contribution in [0.15, 0.2) is 4.99 Å². The van der Waals surface area contributed by atoms with Crippen LogP contribution >= 0.6 is 24.0 Å². The number of fused-ring (bicyclic) bond motifs is 1. The van der Waals surface area contributed by atoms with Crippen LogP contribution < -0.4 is 11.1 Å². The number of rotatable bonds is 4. The Morgan fingerprint density at radius 3 is 2.57 bits per heavy atom. The molecule has 0 radical (unpaired) electrons. The largest absolute Gasteiger partial charge is 0.368 e. The molecule has 2 aliphatic heterocycles. The van der Waals surface area contributed by atoms with Gasteiger partial charge in [-0.2, -0.15) is 0 Å². The number of nitrogens with one attached hydrogen (secondary N) is 1. The predicted octanol–water partition coefficient (Wildman–Crippen LogP) is 0.224. The summed E-state index contributed by atoms with van der Waals surface area (Å²) in [5.41, 5.74) is 4.94. The first-order valence-electron chi connectivity index (χ1n) is 9.72. The molecule has 3 rings (SSSR count). The highest BCUT2D eigenvalue weighted by Gasteiger charge is 2.35. The van der Waals surface area contributed by atoms with Crippen molar-refractivity contribution in [1.82, 2.24) is 29.9 Å². The number of hydrogen-bond donors (Lipinski definition) is 2. The number of nitrogens with zero attached hydrogens (tertiary/aromatic N) is 6. The maximum atomic E-state index is 11.7. The zero-order valence-corrected chi connectivity index (χ0v) is 19.6. The van der Waals surface area contributed by atoms with Gasteiger partial charge in [0.25, 0.3) is 0 Å². The Morgan fingerprint density at radius 2 is 1.96 bits per heavy atom. The van der Waals surface area contributed by atoms with Crippen LogP contribution in [0.5, 0.6) is 0 Å². The van der Waals surface area contributed by atoms with Gasteiger partial charge >= 0.3 is 0 Å². The second-order valence-electron chi connectivity index (χ2n) is 8.00. The average Bonchev–Trinajstić information content (AvgIpc) is 3.03. The van der Waals surface area contributed by atoms with Crippen molar-refractivity contribution in [3.8, 4) is 0 Å². The van der Waals surface area contributed by atoms with E-state index in [-0.39, 0.29) is 29.9 Å².